The fraction of sp³-hybridized carbons (Fsp3) is 0.350. The van der Waals surface area contributed by atoms with Crippen LogP contribution < -0.4 is 10.0 Å². The van der Waals surface area contributed by atoms with E-state index in [-0.39, 0.29) is 10.8 Å². The molecule has 6 heteroatoms. The van der Waals surface area contributed by atoms with E-state index >= 15 is 0 Å². The Morgan fingerprint density at radius 1 is 1.00 bits per heavy atom. The Bertz CT molecular complexity index is 859. The van der Waals surface area contributed by atoms with Crippen LogP contribution in [0.25, 0.3) is 0 Å². The summed E-state index contributed by atoms with van der Waals surface area (Å²) in [5.41, 5.74) is 4.04. The molecule has 0 saturated carbocycles. The Kier molecular flexibility index (Phi) is 6.94. The number of carbonyl (C=O) groups is 1. The van der Waals surface area contributed by atoms with Crippen LogP contribution >= 0.6 is 0 Å². The Morgan fingerprint density at radius 2 is 1.69 bits per heavy atom. The molecule has 0 spiro atoms. The molecule has 0 bridgehead atoms. The molecule has 0 aliphatic heterocycles. The quantitative estimate of drug-likeness (QED) is 0.742. The molecule has 2 aromatic carbocycles. The van der Waals surface area contributed by atoms with Crippen molar-refractivity contribution in [1.29, 1.82) is 0 Å². The third-order valence-electron chi connectivity index (χ3n) is 4.21. The summed E-state index contributed by atoms with van der Waals surface area (Å²) in [5, 5.41) is 2.89. The summed E-state index contributed by atoms with van der Waals surface area (Å²) >= 11 is 0. The van der Waals surface area contributed by atoms with Gasteiger partial charge in [0.25, 0.3) is 0 Å². The third-order valence-corrected chi connectivity index (χ3v) is 5.68. The largest absolute Gasteiger partial charge is 0.326 e. The zero-order chi connectivity index (χ0) is 19.2. The van der Waals surface area contributed by atoms with Gasteiger partial charge in [-0.1, -0.05) is 25.1 Å². The Morgan fingerprint density at radius 3 is 2.31 bits per heavy atom. The van der Waals surface area contributed by atoms with Crippen molar-refractivity contribution >= 4 is 21.6 Å². The highest BCUT2D eigenvalue weighted by molar-refractivity contribution is 7.89. The smallest absolute Gasteiger partial charge is 0.240 e. The lowest BCUT2D eigenvalue weighted by Crippen LogP contribution is -2.24. The molecule has 0 radical (unpaired) electrons. The summed E-state index contributed by atoms with van der Waals surface area (Å²) in [6.07, 6.45) is 1.64. The molecule has 26 heavy (non-hydrogen) atoms. The molecule has 5 nitrogen and oxygen atoms in total. The van der Waals surface area contributed by atoms with Gasteiger partial charge >= 0.3 is 0 Å². The van der Waals surface area contributed by atoms with Gasteiger partial charge in [0.05, 0.1) is 4.90 Å². The fourth-order valence-electron chi connectivity index (χ4n) is 2.46. The standard InChI is InChI=1S/C20H26N2O3S/c1-4-13-21-26(24,25)19-10-6-17(7-11-19)8-12-20(23)22-18-9-5-15(2)16(3)14-18/h5-7,9-11,14,21H,4,8,12-13H2,1-3H3,(H,22,23). The average molecular weight is 375 g/mol. The number of hydrogen-bond donors (Lipinski definition) is 2. The van der Waals surface area contributed by atoms with Crippen molar-refractivity contribution in [2.75, 3.05) is 11.9 Å². The van der Waals surface area contributed by atoms with Crippen molar-refractivity contribution < 1.29 is 13.2 Å². The van der Waals surface area contributed by atoms with E-state index in [1.807, 2.05) is 39.0 Å². The van der Waals surface area contributed by atoms with Crippen LogP contribution in [0.4, 0.5) is 5.69 Å². The minimum Gasteiger partial charge on any atom is -0.326 e. The molecule has 1 amide bonds. The van der Waals surface area contributed by atoms with Crippen LogP contribution in [0.5, 0.6) is 0 Å². The van der Waals surface area contributed by atoms with Crippen LogP contribution in [0.15, 0.2) is 47.4 Å². The van der Waals surface area contributed by atoms with Crippen molar-refractivity contribution in [2.24, 2.45) is 0 Å². The first kappa shape index (κ1) is 20.1. The number of rotatable bonds is 8. The van der Waals surface area contributed by atoms with Crippen LogP contribution in [0.3, 0.4) is 0 Å². The first-order valence-electron chi connectivity index (χ1n) is 8.77. The summed E-state index contributed by atoms with van der Waals surface area (Å²) in [4.78, 5) is 12.4. The van der Waals surface area contributed by atoms with Gasteiger partial charge in [0.2, 0.25) is 15.9 Å². The average Bonchev–Trinajstić information content (AvgIpc) is 2.62. The number of carbonyl (C=O) groups excluding carboxylic acids is 1. The molecule has 2 aromatic rings. The van der Waals surface area contributed by atoms with Gasteiger partial charge in [0, 0.05) is 18.7 Å². The van der Waals surface area contributed by atoms with Gasteiger partial charge in [-0.15, -0.1) is 0 Å². The lowest BCUT2D eigenvalue weighted by Gasteiger charge is -2.09. The molecule has 0 aliphatic rings. The van der Waals surface area contributed by atoms with Gasteiger partial charge in [-0.3, -0.25) is 4.79 Å². The Labute approximate surface area is 155 Å². The predicted molar refractivity (Wildman–Crippen MR) is 105 cm³/mol. The van der Waals surface area contributed by atoms with Crippen LogP contribution in [-0.2, 0) is 21.2 Å². The van der Waals surface area contributed by atoms with E-state index in [4.69, 9.17) is 0 Å². The number of amides is 1. The molecule has 0 aliphatic carbocycles. The van der Waals surface area contributed by atoms with E-state index in [1.54, 1.807) is 24.3 Å². The maximum absolute atomic E-state index is 12.1. The van der Waals surface area contributed by atoms with Crippen LogP contribution in [0.1, 0.15) is 36.5 Å². The fourth-order valence-corrected chi connectivity index (χ4v) is 3.59. The van der Waals surface area contributed by atoms with E-state index in [0.29, 0.717) is 19.4 Å². The van der Waals surface area contributed by atoms with Gasteiger partial charge in [-0.2, -0.15) is 0 Å². The predicted octanol–water partition coefficient (Wildman–Crippen LogP) is 3.56. The molecule has 140 valence electrons. The second kappa shape index (κ2) is 8.96. The number of nitrogens with one attached hydrogen (secondary N) is 2. The molecule has 0 atom stereocenters. The molecular formula is C20H26N2O3S. The minimum atomic E-state index is -3.45. The molecule has 0 fully saturated rings. The summed E-state index contributed by atoms with van der Waals surface area (Å²) < 4.78 is 26.6. The van der Waals surface area contributed by atoms with E-state index in [1.165, 1.54) is 5.56 Å². The Hall–Kier alpha value is -2.18. The Balaban J connectivity index is 1.91. The summed E-state index contributed by atoms with van der Waals surface area (Å²) in [6, 6.07) is 12.5. The van der Waals surface area contributed by atoms with E-state index in [9.17, 15) is 13.2 Å². The lowest BCUT2D eigenvalue weighted by atomic mass is 10.1. The number of sulfonamides is 1. The normalized spacial score (nSPS) is 11.3. The second-order valence-electron chi connectivity index (χ2n) is 6.39. The summed E-state index contributed by atoms with van der Waals surface area (Å²) in [7, 11) is -3.45. The molecule has 2 rings (SSSR count). The zero-order valence-corrected chi connectivity index (χ0v) is 16.3. The molecule has 0 heterocycles. The molecule has 0 aromatic heterocycles. The van der Waals surface area contributed by atoms with Gasteiger partial charge in [0.1, 0.15) is 0 Å². The van der Waals surface area contributed by atoms with Gasteiger partial charge in [-0.25, -0.2) is 13.1 Å². The summed E-state index contributed by atoms with van der Waals surface area (Å²) in [6.45, 7) is 6.37. The molecule has 0 saturated heterocycles. The van der Waals surface area contributed by atoms with Gasteiger partial charge in [-0.05, 0) is 67.6 Å². The molecule has 0 unspecified atom stereocenters. The first-order chi connectivity index (χ1) is 12.3. The van der Waals surface area contributed by atoms with Crippen molar-refractivity contribution in [2.45, 2.75) is 44.9 Å². The topological polar surface area (TPSA) is 75.3 Å². The first-order valence-corrected chi connectivity index (χ1v) is 10.3. The third kappa shape index (κ3) is 5.68. The van der Waals surface area contributed by atoms with Crippen molar-refractivity contribution in [3.05, 3.63) is 59.2 Å². The minimum absolute atomic E-state index is 0.0606. The highest BCUT2D eigenvalue weighted by Crippen LogP contribution is 2.15. The highest BCUT2D eigenvalue weighted by Gasteiger charge is 2.12. The lowest BCUT2D eigenvalue weighted by molar-refractivity contribution is -0.116. The maximum atomic E-state index is 12.1. The molecule has 2 N–H and O–H groups in total. The number of anilines is 1. The van der Waals surface area contributed by atoms with Crippen molar-refractivity contribution in [3.8, 4) is 0 Å². The number of hydrogen-bond acceptors (Lipinski definition) is 3. The number of benzene rings is 2. The number of aryl methyl sites for hydroxylation is 3. The zero-order valence-electron chi connectivity index (χ0n) is 15.5. The SMILES string of the molecule is CCCNS(=O)(=O)c1ccc(CCC(=O)Nc2ccc(C)c(C)c2)cc1. The molecular weight excluding hydrogens is 348 g/mol. The van der Waals surface area contributed by atoms with Crippen LogP contribution in [0, 0.1) is 13.8 Å². The van der Waals surface area contributed by atoms with Crippen LogP contribution in [0.2, 0.25) is 0 Å². The van der Waals surface area contributed by atoms with Gasteiger partial charge < -0.3 is 5.32 Å². The second-order valence-corrected chi connectivity index (χ2v) is 8.16. The van der Waals surface area contributed by atoms with Crippen LogP contribution in [-0.4, -0.2) is 20.9 Å². The van der Waals surface area contributed by atoms with Crippen molar-refractivity contribution in [1.82, 2.24) is 4.72 Å². The van der Waals surface area contributed by atoms with Gasteiger partial charge in [0.15, 0.2) is 0 Å². The van der Waals surface area contributed by atoms with E-state index in [0.717, 1.165) is 23.2 Å². The summed E-state index contributed by atoms with van der Waals surface area (Å²) in [5.74, 6) is -0.0606. The highest BCUT2D eigenvalue weighted by atomic mass is 32.2. The van der Waals surface area contributed by atoms with E-state index in [2.05, 4.69) is 10.0 Å². The van der Waals surface area contributed by atoms with E-state index < -0.39 is 10.0 Å². The maximum Gasteiger partial charge on any atom is 0.240 e. The monoisotopic (exact) mass is 374 g/mol. The van der Waals surface area contributed by atoms with Crippen molar-refractivity contribution in [3.63, 3.8) is 0 Å².